The lowest BCUT2D eigenvalue weighted by Crippen LogP contribution is -2.42. The monoisotopic (exact) mass is 408 g/mol. The molecular weight excluding hydrogens is 380 g/mol. The summed E-state index contributed by atoms with van der Waals surface area (Å²) >= 11 is 0. The number of fused-ring (bicyclic) bond motifs is 2. The molecule has 0 saturated carbocycles. The van der Waals surface area contributed by atoms with E-state index in [-0.39, 0.29) is 12.5 Å². The maximum atomic E-state index is 12.2. The van der Waals surface area contributed by atoms with Crippen LogP contribution in [0, 0.1) is 0 Å². The molecule has 1 aliphatic heterocycles. The molecule has 7 nitrogen and oxygen atoms in total. The van der Waals surface area contributed by atoms with Crippen molar-refractivity contribution in [1.29, 1.82) is 0 Å². The van der Waals surface area contributed by atoms with Crippen LogP contribution >= 0.6 is 0 Å². The summed E-state index contributed by atoms with van der Waals surface area (Å²) in [6.07, 6.45) is 1.22. The van der Waals surface area contributed by atoms with Crippen LogP contribution in [0.1, 0.15) is 23.4 Å². The summed E-state index contributed by atoms with van der Waals surface area (Å²) in [4.78, 5) is 22.2. The fraction of sp³-hybridized carbons (Fsp3) is 0.391. The van der Waals surface area contributed by atoms with Gasteiger partial charge in [0.05, 0.1) is 18.7 Å². The molecule has 0 saturated heterocycles. The van der Waals surface area contributed by atoms with E-state index in [0.29, 0.717) is 25.1 Å². The number of methoxy groups -OCH3 is 1. The highest BCUT2D eigenvalue weighted by Gasteiger charge is 2.19. The van der Waals surface area contributed by atoms with E-state index in [9.17, 15) is 9.90 Å². The first kappa shape index (κ1) is 20.4. The number of carbonyl (C=O) groups is 1. The molecular formula is C23H28N4O3. The Kier molecular flexibility index (Phi) is 6.30. The first-order valence-electron chi connectivity index (χ1n) is 10.4. The number of imidazole rings is 1. The number of amides is 1. The molecule has 2 heterocycles. The SMILES string of the molecule is COc1cccc2[nH]c(CCC(=O)NC[C@H](O)CN3CCc4ccccc4C3)nc12. The van der Waals surface area contributed by atoms with Crippen molar-refractivity contribution in [3.05, 3.63) is 59.4 Å². The molecule has 158 valence electrons. The van der Waals surface area contributed by atoms with Gasteiger partial charge in [0, 0.05) is 39.0 Å². The van der Waals surface area contributed by atoms with Gasteiger partial charge in [-0.1, -0.05) is 30.3 Å². The normalized spacial score (nSPS) is 15.0. The Bertz CT molecular complexity index is 1020. The molecule has 7 heteroatoms. The zero-order valence-electron chi connectivity index (χ0n) is 17.2. The van der Waals surface area contributed by atoms with E-state index in [4.69, 9.17) is 4.74 Å². The van der Waals surface area contributed by atoms with Gasteiger partial charge in [0.25, 0.3) is 0 Å². The number of aromatic nitrogens is 2. The molecule has 0 bridgehead atoms. The molecule has 2 aromatic carbocycles. The summed E-state index contributed by atoms with van der Waals surface area (Å²) < 4.78 is 5.32. The molecule has 1 amide bonds. The van der Waals surface area contributed by atoms with E-state index in [1.165, 1.54) is 11.1 Å². The third kappa shape index (κ3) is 4.80. The van der Waals surface area contributed by atoms with E-state index in [1.54, 1.807) is 7.11 Å². The van der Waals surface area contributed by atoms with Crippen molar-refractivity contribution >= 4 is 16.9 Å². The van der Waals surface area contributed by atoms with Crippen LogP contribution < -0.4 is 10.1 Å². The standard InChI is InChI=1S/C23H28N4O3/c1-30-20-8-4-7-19-23(20)26-21(25-19)9-10-22(29)24-13-18(28)15-27-12-11-16-5-2-3-6-17(16)14-27/h2-8,18,28H,9-15H2,1H3,(H,24,29)(H,25,26)/t18-/m0/s1. The van der Waals surface area contributed by atoms with Crippen LogP contribution in [-0.4, -0.2) is 58.7 Å². The lowest BCUT2D eigenvalue weighted by Gasteiger charge is -2.30. The molecule has 0 spiro atoms. The number of aromatic amines is 1. The van der Waals surface area contributed by atoms with Crippen LogP contribution in [0.3, 0.4) is 0 Å². The molecule has 0 unspecified atom stereocenters. The lowest BCUT2D eigenvalue weighted by atomic mass is 10.00. The van der Waals surface area contributed by atoms with Crippen LogP contribution in [0.5, 0.6) is 5.75 Å². The van der Waals surface area contributed by atoms with Crippen molar-refractivity contribution < 1.29 is 14.6 Å². The number of para-hydroxylation sites is 1. The van der Waals surface area contributed by atoms with Crippen LogP contribution in [0.25, 0.3) is 11.0 Å². The highest BCUT2D eigenvalue weighted by atomic mass is 16.5. The molecule has 0 aliphatic carbocycles. The molecule has 1 atom stereocenters. The van der Waals surface area contributed by atoms with Gasteiger partial charge in [0.15, 0.2) is 0 Å². The Balaban J connectivity index is 1.21. The number of hydrogen-bond donors (Lipinski definition) is 3. The summed E-state index contributed by atoms with van der Waals surface area (Å²) in [7, 11) is 1.62. The van der Waals surface area contributed by atoms with E-state index >= 15 is 0 Å². The molecule has 1 aliphatic rings. The van der Waals surface area contributed by atoms with E-state index < -0.39 is 6.10 Å². The van der Waals surface area contributed by atoms with Crippen molar-refractivity contribution in [2.45, 2.75) is 31.9 Å². The number of aliphatic hydroxyl groups excluding tert-OH is 1. The van der Waals surface area contributed by atoms with Crippen molar-refractivity contribution in [1.82, 2.24) is 20.2 Å². The lowest BCUT2D eigenvalue weighted by molar-refractivity contribution is -0.121. The maximum Gasteiger partial charge on any atom is 0.220 e. The second kappa shape index (κ2) is 9.28. The second-order valence-electron chi connectivity index (χ2n) is 7.75. The van der Waals surface area contributed by atoms with E-state index in [2.05, 4.69) is 44.5 Å². The van der Waals surface area contributed by atoms with Crippen molar-refractivity contribution in [3.8, 4) is 5.75 Å². The number of ether oxygens (including phenoxy) is 1. The van der Waals surface area contributed by atoms with Crippen molar-refractivity contribution in [2.75, 3.05) is 26.7 Å². The van der Waals surface area contributed by atoms with Crippen molar-refractivity contribution in [3.63, 3.8) is 0 Å². The summed E-state index contributed by atoms with van der Waals surface area (Å²) in [6, 6.07) is 14.1. The van der Waals surface area contributed by atoms with Gasteiger partial charge in [-0.3, -0.25) is 9.69 Å². The minimum absolute atomic E-state index is 0.0922. The van der Waals surface area contributed by atoms with Crippen molar-refractivity contribution in [2.24, 2.45) is 0 Å². The molecule has 4 rings (SSSR count). The number of carbonyl (C=O) groups excluding carboxylic acids is 1. The highest BCUT2D eigenvalue weighted by Crippen LogP contribution is 2.23. The Morgan fingerprint density at radius 3 is 2.93 bits per heavy atom. The van der Waals surface area contributed by atoms with E-state index in [1.807, 2.05) is 18.2 Å². The number of aryl methyl sites for hydroxylation is 1. The number of aliphatic hydroxyl groups is 1. The van der Waals surface area contributed by atoms with Gasteiger partial charge < -0.3 is 20.1 Å². The summed E-state index contributed by atoms with van der Waals surface area (Å²) in [5.41, 5.74) is 4.37. The summed E-state index contributed by atoms with van der Waals surface area (Å²) in [5, 5.41) is 13.2. The zero-order chi connectivity index (χ0) is 20.9. The van der Waals surface area contributed by atoms with Gasteiger partial charge >= 0.3 is 0 Å². The zero-order valence-corrected chi connectivity index (χ0v) is 17.2. The van der Waals surface area contributed by atoms with E-state index in [0.717, 1.165) is 36.4 Å². The average Bonchev–Trinajstić information content (AvgIpc) is 3.19. The van der Waals surface area contributed by atoms with Gasteiger partial charge in [-0.2, -0.15) is 0 Å². The number of H-pyrrole nitrogens is 1. The quantitative estimate of drug-likeness (QED) is 0.531. The molecule has 3 aromatic rings. The van der Waals surface area contributed by atoms with Gasteiger partial charge in [-0.05, 0) is 29.7 Å². The largest absolute Gasteiger partial charge is 0.494 e. The van der Waals surface area contributed by atoms with Crippen LogP contribution in [0.4, 0.5) is 0 Å². The maximum absolute atomic E-state index is 12.2. The average molecular weight is 409 g/mol. The molecule has 1 aromatic heterocycles. The molecule has 0 radical (unpaired) electrons. The number of rotatable bonds is 8. The Morgan fingerprint density at radius 1 is 1.27 bits per heavy atom. The third-order valence-electron chi connectivity index (χ3n) is 5.55. The smallest absolute Gasteiger partial charge is 0.220 e. The van der Waals surface area contributed by atoms with Gasteiger partial charge in [0.2, 0.25) is 5.91 Å². The fourth-order valence-electron chi connectivity index (χ4n) is 3.96. The first-order chi connectivity index (χ1) is 14.6. The minimum Gasteiger partial charge on any atom is -0.494 e. The van der Waals surface area contributed by atoms with Gasteiger partial charge in [-0.15, -0.1) is 0 Å². The molecule has 0 fully saturated rings. The number of β-amino-alcohol motifs (C(OH)–C–C–N with tert-alkyl or cyclic N) is 1. The number of benzene rings is 2. The summed E-state index contributed by atoms with van der Waals surface area (Å²) in [6.45, 7) is 2.58. The van der Waals surface area contributed by atoms with Gasteiger partial charge in [-0.25, -0.2) is 4.98 Å². The third-order valence-corrected chi connectivity index (χ3v) is 5.55. The van der Waals surface area contributed by atoms with Gasteiger partial charge in [0.1, 0.15) is 17.1 Å². The number of hydrogen-bond acceptors (Lipinski definition) is 5. The Hall–Kier alpha value is -2.90. The Labute approximate surface area is 176 Å². The molecule has 3 N–H and O–H groups in total. The predicted molar refractivity (Wildman–Crippen MR) is 115 cm³/mol. The minimum atomic E-state index is -0.588. The first-order valence-corrected chi connectivity index (χ1v) is 10.4. The topological polar surface area (TPSA) is 90.5 Å². The van der Waals surface area contributed by atoms with Crippen LogP contribution in [0.15, 0.2) is 42.5 Å². The molecule has 30 heavy (non-hydrogen) atoms. The summed E-state index contributed by atoms with van der Waals surface area (Å²) in [5.74, 6) is 1.37. The van der Waals surface area contributed by atoms with Crippen LogP contribution in [-0.2, 0) is 24.2 Å². The Morgan fingerprint density at radius 2 is 2.10 bits per heavy atom. The second-order valence-corrected chi connectivity index (χ2v) is 7.75. The number of nitrogens with one attached hydrogen (secondary N) is 2. The highest BCUT2D eigenvalue weighted by molar-refractivity contribution is 5.82. The van der Waals surface area contributed by atoms with Crippen LogP contribution in [0.2, 0.25) is 0 Å². The predicted octanol–water partition coefficient (Wildman–Crippen LogP) is 2.04. The fourth-order valence-corrected chi connectivity index (χ4v) is 3.96. The number of nitrogens with zero attached hydrogens (tertiary/aromatic N) is 2.